The molecule has 2 saturated heterocycles. The highest BCUT2D eigenvalue weighted by molar-refractivity contribution is 5.94. The largest absolute Gasteiger partial charge is 0.368 e. The Kier molecular flexibility index (Phi) is 7.03. The number of hydrogen-bond donors (Lipinski definition) is 3. The van der Waals surface area contributed by atoms with E-state index in [0.717, 1.165) is 43.6 Å². The Labute approximate surface area is 155 Å². The molecule has 2 aliphatic heterocycles. The summed E-state index contributed by atoms with van der Waals surface area (Å²) in [6, 6.07) is 7.60. The van der Waals surface area contributed by atoms with Crippen molar-refractivity contribution in [3.8, 4) is 0 Å². The molecule has 0 radical (unpaired) electrons. The molecule has 3 rings (SSSR count). The van der Waals surface area contributed by atoms with Crippen molar-refractivity contribution in [3.63, 3.8) is 0 Å². The van der Waals surface area contributed by atoms with Crippen molar-refractivity contribution in [2.75, 3.05) is 25.0 Å². The molecular formula is C20H29N3O3. The molecule has 1 unspecified atom stereocenters. The van der Waals surface area contributed by atoms with Crippen molar-refractivity contribution < 1.29 is 14.3 Å². The molecule has 1 aromatic carbocycles. The fourth-order valence-corrected chi connectivity index (χ4v) is 3.56. The van der Waals surface area contributed by atoms with Crippen molar-refractivity contribution in [1.82, 2.24) is 10.6 Å². The predicted octanol–water partition coefficient (Wildman–Crippen LogP) is 2.20. The van der Waals surface area contributed by atoms with Gasteiger partial charge in [0.2, 0.25) is 5.91 Å². The summed E-state index contributed by atoms with van der Waals surface area (Å²) in [5, 5.41) is 9.23. The van der Waals surface area contributed by atoms with Gasteiger partial charge in [0.25, 0.3) is 5.91 Å². The van der Waals surface area contributed by atoms with Crippen LogP contribution >= 0.6 is 0 Å². The lowest BCUT2D eigenvalue weighted by Crippen LogP contribution is -2.29. The second-order valence-corrected chi connectivity index (χ2v) is 7.20. The van der Waals surface area contributed by atoms with E-state index in [0.29, 0.717) is 25.5 Å². The molecule has 0 aromatic heterocycles. The van der Waals surface area contributed by atoms with Gasteiger partial charge in [-0.2, -0.15) is 0 Å². The summed E-state index contributed by atoms with van der Waals surface area (Å²) in [7, 11) is 0. The zero-order chi connectivity index (χ0) is 18.2. The summed E-state index contributed by atoms with van der Waals surface area (Å²) in [5.41, 5.74) is 1.72. The molecular weight excluding hydrogens is 330 g/mol. The molecule has 0 spiro atoms. The van der Waals surface area contributed by atoms with Crippen molar-refractivity contribution >= 4 is 17.5 Å². The van der Waals surface area contributed by atoms with Crippen LogP contribution in [-0.4, -0.2) is 37.6 Å². The Morgan fingerprint density at radius 3 is 2.81 bits per heavy atom. The fourth-order valence-electron chi connectivity index (χ4n) is 3.56. The van der Waals surface area contributed by atoms with Gasteiger partial charge in [0, 0.05) is 25.3 Å². The van der Waals surface area contributed by atoms with E-state index in [2.05, 4.69) is 16.0 Å². The zero-order valence-electron chi connectivity index (χ0n) is 15.3. The van der Waals surface area contributed by atoms with E-state index in [4.69, 9.17) is 4.74 Å². The van der Waals surface area contributed by atoms with E-state index in [9.17, 15) is 9.59 Å². The highest BCUT2D eigenvalue weighted by atomic mass is 16.5. The van der Waals surface area contributed by atoms with Crippen molar-refractivity contribution in [2.45, 2.75) is 51.2 Å². The molecule has 0 bridgehead atoms. The van der Waals surface area contributed by atoms with E-state index < -0.39 is 0 Å². The molecule has 0 aliphatic carbocycles. The number of ether oxygens (including phenoxy) is 1. The van der Waals surface area contributed by atoms with Gasteiger partial charge in [0.1, 0.15) is 6.10 Å². The fraction of sp³-hybridized carbons (Fsp3) is 0.600. The highest BCUT2D eigenvalue weighted by Crippen LogP contribution is 2.18. The summed E-state index contributed by atoms with van der Waals surface area (Å²) in [5.74, 6) is 0.668. The van der Waals surface area contributed by atoms with Gasteiger partial charge in [-0.1, -0.05) is 12.1 Å². The lowest BCUT2D eigenvalue weighted by atomic mass is 9.93. The third-order valence-electron chi connectivity index (χ3n) is 5.14. The van der Waals surface area contributed by atoms with Crippen LogP contribution in [0.5, 0.6) is 0 Å². The number of amides is 2. The number of piperidine rings is 1. The lowest BCUT2D eigenvalue weighted by molar-refractivity contribution is -0.124. The smallest absolute Gasteiger partial charge is 0.253 e. The molecule has 2 fully saturated rings. The Bertz CT molecular complexity index is 608. The van der Waals surface area contributed by atoms with Gasteiger partial charge in [0.05, 0.1) is 0 Å². The molecule has 6 nitrogen and oxygen atoms in total. The van der Waals surface area contributed by atoms with Gasteiger partial charge in [-0.3, -0.25) is 9.59 Å². The minimum Gasteiger partial charge on any atom is -0.368 e. The minimum absolute atomic E-state index is 0.0920. The average Bonchev–Trinajstić information content (AvgIpc) is 3.21. The minimum atomic E-state index is -0.339. The molecule has 142 valence electrons. The maximum absolute atomic E-state index is 12.1. The third kappa shape index (κ3) is 5.81. The number of carbonyl (C=O) groups is 2. The van der Waals surface area contributed by atoms with E-state index in [-0.39, 0.29) is 17.9 Å². The van der Waals surface area contributed by atoms with Gasteiger partial charge >= 0.3 is 0 Å². The topological polar surface area (TPSA) is 79.5 Å². The normalized spacial score (nSPS) is 20.7. The highest BCUT2D eigenvalue weighted by Gasteiger charge is 2.23. The maximum atomic E-state index is 12.1. The number of hydrogen-bond acceptors (Lipinski definition) is 4. The van der Waals surface area contributed by atoms with Crippen molar-refractivity contribution in [2.24, 2.45) is 5.92 Å². The number of carbonyl (C=O) groups excluding carboxylic acids is 2. The summed E-state index contributed by atoms with van der Waals surface area (Å²) in [6.07, 6.45) is 5.25. The van der Waals surface area contributed by atoms with Gasteiger partial charge in [-0.15, -0.1) is 0 Å². The Morgan fingerprint density at radius 1 is 1.19 bits per heavy atom. The monoisotopic (exact) mass is 359 g/mol. The molecule has 1 atom stereocenters. The van der Waals surface area contributed by atoms with Gasteiger partial charge in [-0.05, 0) is 68.8 Å². The molecule has 6 heteroatoms. The number of anilines is 1. The first kappa shape index (κ1) is 18.9. The van der Waals surface area contributed by atoms with Gasteiger partial charge < -0.3 is 20.7 Å². The lowest BCUT2D eigenvalue weighted by Gasteiger charge is -2.22. The Hall–Kier alpha value is -1.92. The SMILES string of the molecule is O=C(CCC1CCNCC1)NCc1cccc(NC(=O)C2CCCO2)c1. The summed E-state index contributed by atoms with van der Waals surface area (Å²) in [4.78, 5) is 24.2. The molecule has 0 saturated carbocycles. The first-order valence-corrected chi connectivity index (χ1v) is 9.69. The average molecular weight is 359 g/mol. The summed E-state index contributed by atoms with van der Waals surface area (Å²) < 4.78 is 5.40. The van der Waals surface area contributed by atoms with Crippen LogP contribution in [0.2, 0.25) is 0 Å². The summed E-state index contributed by atoms with van der Waals surface area (Å²) >= 11 is 0. The van der Waals surface area contributed by atoms with Crippen molar-refractivity contribution in [1.29, 1.82) is 0 Å². The number of nitrogens with one attached hydrogen (secondary N) is 3. The molecule has 1 aromatic rings. The van der Waals surface area contributed by atoms with E-state index in [1.54, 1.807) is 0 Å². The van der Waals surface area contributed by atoms with Crippen LogP contribution in [0.15, 0.2) is 24.3 Å². The summed E-state index contributed by atoms with van der Waals surface area (Å²) in [6.45, 7) is 3.27. The first-order chi connectivity index (χ1) is 12.7. The third-order valence-corrected chi connectivity index (χ3v) is 5.14. The zero-order valence-corrected chi connectivity index (χ0v) is 15.3. The number of benzene rings is 1. The number of rotatable bonds is 7. The molecule has 2 heterocycles. The van der Waals surface area contributed by atoms with Crippen LogP contribution in [0.25, 0.3) is 0 Å². The second-order valence-electron chi connectivity index (χ2n) is 7.20. The molecule has 3 N–H and O–H groups in total. The van der Waals surface area contributed by atoms with Crippen LogP contribution in [0.4, 0.5) is 5.69 Å². The standard InChI is InChI=1S/C20H29N3O3/c24-19(7-6-15-8-10-21-11-9-15)22-14-16-3-1-4-17(13-16)23-20(25)18-5-2-12-26-18/h1,3-4,13,15,18,21H,2,5-12,14H2,(H,22,24)(H,23,25). The van der Waals surface area contributed by atoms with Gasteiger partial charge in [-0.25, -0.2) is 0 Å². The quantitative estimate of drug-likeness (QED) is 0.697. The molecule has 2 aliphatic rings. The van der Waals surface area contributed by atoms with Crippen LogP contribution in [0.1, 0.15) is 44.1 Å². The van der Waals surface area contributed by atoms with E-state index in [1.165, 1.54) is 12.8 Å². The van der Waals surface area contributed by atoms with Crippen LogP contribution in [0, 0.1) is 5.92 Å². The van der Waals surface area contributed by atoms with E-state index in [1.807, 2.05) is 24.3 Å². The Balaban J connectivity index is 1.41. The molecule has 26 heavy (non-hydrogen) atoms. The van der Waals surface area contributed by atoms with Crippen LogP contribution in [0.3, 0.4) is 0 Å². The second kappa shape index (κ2) is 9.69. The van der Waals surface area contributed by atoms with Crippen molar-refractivity contribution in [3.05, 3.63) is 29.8 Å². The predicted molar refractivity (Wildman–Crippen MR) is 101 cm³/mol. The molecule has 2 amide bonds. The van der Waals surface area contributed by atoms with Gasteiger partial charge in [0.15, 0.2) is 0 Å². The first-order valence-electron chi connectivity index (χ1n) is 9.69. The van der Waals surface area contributed by atoms with Crippen LogP contribution in [-0.2, 0) is 20.9 Å². The van der Waals surface area contributed by atoms with E-state index >= 15 is 0 Å². The van der Waals surface area contributed by atoms with Crippen LogP contribution < -0.4 is 16.0 Å². The Morgan fingerprint density at radius 2 is 2.04 bits per heavy atom. The maximum Gasteiger partial charge on any atom is 0.253 e.